The van der Waals surface area contributed by atoms with Gasteiger partial charge in [-0.15, -0.1) is 0 Å². The van der Waals surface area contributed by atoms with Gasteiger partial charge in [0.1, 0.15) is 16.9 Å². The minimum Gasteiger partial charge on any atom is -0.490 e. The Bertz CT molecular complexity index is 1280. The summed E-state index contributed by atoms with van der Waals surface area (Å²) in [5.74, 6) is 0.272. The maximum absolute atomic E-state index is 12.7. The van der Waals surface area contributed by atoms with Crippen LogP contribution in [-0.2, 0) is 10.1 Å². The number of anilines is 1. The Morgan fingerprint density at radius 3 is 2.55 bits per heavy atom. The van der Waals surface area contributed by atoms with Crippen LogP contribution in [0.4, 0.5) is 11.5 Å². The van der Waals surface area contributed by atoms with E-state index >= 15 is 0 Å². The van der Waals surface area contributed by atoms with Gasteiger partial charge >= 0.3 is 10.1 Å². The molecule has 1 N–H and O–H groups in total. The van der Waals surface area contributed by atoms with Gasteiger partial charge in [-0.2, -0.15) is 13.5 Å². The minimum atomic E-state index is -4.14. The highest BCUT2D eigenvalue weighted by molar-refractivity contribution is 7.87. The van der Waals surface area contributed by atoms with E-state index in [1.165, 1.54) is 42.6 Å². The van der Waals surface area contributed by atoms with Crippen molar-refractivity contribution in [2.75, 3.05) is 12.0 Å². The zero-order valence-electron chi connectivity index (χ0n) is 17.6. The van der Waals surface area contributed by atoms with Gasteiger partial charge in [0, 0.05) is 6.07 Å². The standard InChI is InChI=1S/C21H19ClN4O6S/c1-3-31-19-11-15(12-24-25-20-9-6-16(13-23-20)26(27)28)10-18(22)21(19)32-33(29,30)17-7-4-14(2)5-8-17/h4-13H,3H2,1-2H3,(H,23,25)/b24-12-. The van der Waals surface area contributed by atoms with Crippen molar-refractivity contribution in [2.45, 2.75) is 18.7 Å². The predicted molar refractivity (Wildman–Crippen MR) is 124 cm³/mol. The van der Waals surface area contributed by atoms with Crippen LogP contribution in [0, 0.1) is 17.0 Å². The molecule has 0 bridgehead atoms. The number of rotatable bonds is 9. The molecule has 3 rings (SSSR count). The van der Waals surface area contributed by atoms with E-state index in [0.717, 1.165) is 11.8 Å². The van der Waals surface area contributed by atoms with Gasteiger partial charge in [0.15, 0.2) is 5.75 Å². The largest absolute Gasteiger partial charge is 0.490 e. The maximum Gasteiger partial charge on any atom is 0.339 e. The van der Waals surface area contributed by atoms with E-state index in [1.54, 1.807) is 19.1 Å². The van der Waals surface area contributed by atoms with Gasteiger partial charge < -0.3 is 8.92 Å². The summed E-state index contributed by atoms with van der Waals surface area (Å²) in [6.07, 6.45) is 2.50. The Morgan fingerprint density at radius 1 is 1.21 bits per heavy atom. The molecule has 0 aliphatic rings. The summed E-state index contributed by atoms with van der Waals surface area (Å²) < 4.78 is 36.2. The summed E-state index contributed by atoms with van der Waals surface area (Å²) in [4.78, 5) is 14.0. The van der Waals surface area contributed by atoms with E-state index in [9.17, 15) is 18.5 Å². The SMILES string of the molecule is CCOc1cc(/C=N\Nc2ccc([N+](=O)[O-])cn2)cc(Cl)c1OS(=O)(=O)c1ccc(C)cc1. The summed E-state index contributed by atoms with van der Waals surface area (Å²) in [6, 6.07) is 11.9. The average Bonchev–Trinajstić information content (AvgIpc) is 2.77. The second-order valence-electron chi connectivity index (χ2n) is 6.64. The highest BCUT2D eigenvalue weighted by Gasteiger charge is 2.22. The molecule has 0 radical (unpaired) electrons. The molecule has 0 unspecified atom stereocenters. The number of hydrogen-bond acceptors (Lipinski definition) is 9. The fourth-order valence-electron chi connectivity index (χ4n) is 2.60. The molecular weight excluding hydrogens is 472 g/mol. The van der Waals surface area contributed by atoms with Crippen molar-refractivity contribution in [3.8, 4) is 11.5 Å². The molecule has 0 saturated carbocycles. The van der Waals surface area contributed by atoms with Crippen LogP contribution in [0.25, 0.3) is 0 Å². The highest BCUT2D eigenvalue weighted by Crippen LogP contribution is 2.38. The van der Waals surface area contributed by atoms with Crippen molar-refractivity contribution in [3.63, 3.8) is 0 Å². The zero-order valence-corrected chi connectivity index (χ0v) is 19.1. The average molecular weight is 491 g/mol. The summed E-state index contributed by atoms with van der Waals surface area (Å²) in [6.45, 7) is 3.81. The number of hydrazone groups is 1. The molecule has 10 nitrogen and oxygen atoms in total. The lowest BCUT2D eigenvalue weighted by molar-refractivity contribution is -0.385. The van der Waals surface area contributed by atoms with E-state index in [4.69, 9.17) is 20.5 Å². The lowest BCUT2D eigenvalue weighted by atomic mass is 10.2. The first-order chi connectivity index (χ1) is 15.7. The maximum atomic E-state index is 12.7. The highest BCUT2D eigenvalue weighted by atomic mass is 35.5. The van der Waals surface area contributed by atoms with Gasteiger partial charge in [0.2, 0.25) is 5.75 Å². The van der Waals surface area contributed by atoms with Crippen LogP contribution in [0.5, 0.6) is 11.5 Å². The third kappa shape index (κ3) is 6.18. The molecule has 0 amide bonds. The number of nitrogens with zero attached hydrogens (tertiary/aromatic N) is 3. The molecule has 1 heterocycles. The third-order valence-electron chi connectivity index (χ3n) is 4.19. The summed E-state index contributed by atoms with van der Waals surface area (Å²) in [5.41, 5.74) is 3.88. The first kappa shape index (κ1) is 24.0. The monoisotopic (exact) mass is 490 g/mol. The summed E-state index contributed by atoms with van der Waals surface area (Å²) in [5, 5.41) is 14.7. The number of aromatic nitrogens is 1. The van der Waals surface area contributed by atoms with Crippen molar-refractivity contribution in [1.29, 1.82) is 0 Å². The molecule has 1 aromatic heterocycles. The van der Waals surface area contributed by atoms with E-state index in [0.29, 0.717) is 5.56 Å². The number of hydrogen-bond donors (Lipinski definition) is 1. The Hall–Kier alpha value is -3.70. The van der Waals surface area contributed by atoms with Crippen LogP contribution in [0.2, 0.25) is 5.02 Å². The lowest BCUT2D eigenvalue weighted by Crippen LogP contribution is -2.11. The number of nitrogens with one attached hydrogen (secondary N) is 1. The number of aryl methyl sites for hydroxylation is 1. The van der Waals surface area contributed by atoms with Crippen LogP contribution in [0.15, 0.2) is 64.7 Å². The molecule has 0 fully saturated rings. The summed E-state index contributed by atoms with van der Waals surface area (Å²) >= 11 is 6.30. The van der Waals surface area contributed by atoms with Crippen molar-refractivity contribution in [3.05, 3.63) is 81.0 Å². The van der Waals surface area contributed by atoms with Crippen molar-refractivity contribution in [1.82, 2.24) is 4.98 Å². The fourth-order valence-corrected chi connectivity index (χ4v) is 3.86. The molecular formula is C21H19ClN4O6S. The van der Waals surface area contributed by atoms with Crippen LogP contribution < -0.4 is 14.3 Å². The van der Waals surface area contributed by atoms with E-state index < -0.39 is 15.0 Å². The van der Waals surface area contributed by atoms with Gasteiger partial charge in [-0.05, 0) is 49.7 Å². The lowest BCUT2D eigenvalue weighted by Gasteiger charge is -2.14. The second-order valence-corrected chi connectivity index (χ2v) is 8.60. The fraction of sp³-hybridized carbons (Fsp3) is 0.143. The molecule has 3 aromatic rings. The Balaban J connectivity index is 1.82. The van der Waals surface area contributed by atoms with E-state index in [2.05, 4.69) is 15.5 Å². The number of pyridine rings is 1. The first-order valence-electron chi connectivity index (χ1n) is 9.56. The van der Waals surface area contributed by atoms with Gasteiger partial charge in [-0.3, -0.25) is 15.5 Å². The van der Waals surface area contributed by atoms with Crippen LogP contribution in [0.3, 0.4) is 0 Å². The van der Waals surface area contributed by atoms with Crippen molar-refractivity contribution < 1.29 is 22.3 Å². The van der Waals surface area contributed by atoms with E-state index in [-0.39, 0.29) is 39.5 Å². The number of nitro groups is 1. The quantitative estimate of drug-likeness (QED) is 0.199. The molecule has 0 spiro atoms. The molecule has 172 valence electrons. The molecule has 33 heavy (non-hydrogen) atoms. The number of ether oxygens (including phenoxy) is 1. The molecule has 12 heteroatoms. The second kappa shape index (κ2) is 10.3. The number of halogens is 1. The molecule has 0 saturated heterocycles. The smallest absolute Gasteiger partial charge is 0.339 e. The normalized spacial score (nSPS) is 11.4. The van der Waals surface area contributed by atoms with Crippen LogP contribution in [0.1, 0.15) is 18.1 Å². The van der Waals surface area contributed by atoms with Crippen LogP contribution >= 0.6 is 11.6 Å². The van der Waals surface area contributed by atoms with Crippen molar-refractivity contribution >= 4 is 39.4 Å². The van der Waals surface area contributed by atoms with Gasteiger partial charge in [0.05, 0.1) is 22.8 Å². The zero-order chi connectivity index (χ0) is 24.0. The topological polar surface area (TPSA) is 133 Å². The van der Waals surface area contributed by atoms with Gasteiger partial charge in [-0.25, -0.2) is 4.98 Å². The summed E-state index contributed by atoms with van der Waals surface area (Å²) in [7, 11) is -4.14. The number of benzene rings is 2. The Morgan fingerprint density at radius 2 is 1.94 bits per heavy atom. The predicted octanol–water partition coefficient (Wildman–Crippen LogP) is 4.56. The molecule has 0 aliphatic heterocycles. The third-order valence-corrected chi connectivity index (χ3v) is 5.70. The van der Waals surface area contributed by atoms with E-state index in [1.807, 2.05) is 6.92 Å². The minimum absolute atomic E-state index is 0.00606. The molecule has 2 aromatic carbocycles. The van der Waals surface area contributed by atoms with Crippen LogP contribution in [-0.4, -0.2) is 31.1 Å². The van der Waals surface area contributed by atoms with Gasteiger partial charge in [-0.1, -0.05) is 29.3 Å². The Labute approximate surface area is 195 Å². The van der Waals surface area contributed by atoms with Gasteiger partial charge in [0.25, 0.3) is 5.69 Å². The van der Waals surface area contributed by atoms with Crippen molar-refractivity contribution in [2.24, 2.45) is 5.10 Å². The Kier molecular flexibility index (Phi) is 7.46. The molecule has 0 aliphatic carbocycles. The molecule has 0 atom stereocenters. The first-order valence-corrected chi connectivity index (χ1v) is 11.3.